The number of hydrogen-bond donors (Lipinski definition) is 1. The normalized spacial score (nSPS) is 10.5. The second-order valence-corrected chi connectivity index (χ2v) is 4.76. The van der Waals surface area contributed by atoms with Gasteiger partial charge in [0.15, 0.2) is 18.4 Å². The molecule has 0 aliphatic rings. The minimum Gasteiger partial charge on any atom is -0.464 e. The number of carbonyl (C=O) groups excluding carboxylic acids is 1. The third-order valence-electron chi connectivity index (χ3n) is 3.05. The van der Waals surface area contributed by atoms with Crippen molar-refractivity contribution in [2.45, 2.75) is 13.5 Å². The van der Waals surface area contributed by atoms with Gasteiger partial charge in [0, 0.05) is 26.3 Å². The highest BCUT2D eigenvalue weighted by Gasteiger charge is 2.14. The van der Waals surface area contributed by atoms with Crippen LogP contribution in [-0.4, -0.2) is 29.6 Å². The average molecular weight is 307 g/mol. The van der Waals surface area contributed by atoms with E-state index in [1.54, 1.807) is 32.2 Å². The topological polar surface area (TPSA) is 65.4 Å². The standard InChI is InChI=1S/C15H18FN3O3/c1-10-7-12(19(2)18-10)15(20)17-8-11-5-4-6-13(14(11)16)22-9-21-3/h4-7H,8-9H2,1-3H3,(H,17,20). The number of ether oxygens (including phenoxy) is 2. The lowest BCUT2D eigenvalue weighted by molar-refractivity contribution is 0.0481. The van der Waals surface area contributed by atoms with Gasteiger partial charge in [-0.2, -0.15) is 5.10 Å². The minimum absolute atomic E-state index is 0.0406. The summed E-state index contributed by atoms with van der Waals surface area (Å²) in [4.78, 5) is 12.1. The molecule has 22 heavy (non-hydrogen) atoms. The molecule has 0 radical (unpaired) electrons. The second-order valence-electron chi connectivity index (χ2n) is 4.76. The highest BCUT2D eigenvalue weighted by molar-refractivity contribution is 5.92. The van der Waals surface area contributed by atoms with Crippen molar-refractivity contribution in [3.05, 3.63) is 47.0 Å². The van der Waals surface area contributed by atoms with Gasteiger partial charge in [-0.1, -0.05) is 12.1 Å². The molecule has 7 heteroatoms. The lowest BCUT2D eigenvalue weighted by Gasteiger charge is -2.10. The zero-order valence-electron chi connectivity index (χ0n) is 12.7. The van der Waals surface area contributed by atoms with E-state index in [0.29, 0.717) is 11.3 Å². The molecular formula is C15H18FN3O3. The highest BCUT2D eigenvalue weighted by atomic mass is 19.1. The van der Waals surface area contributed by atoms with Crippen LogP contribution < -0.4 is 10.1 Å². The summed E-state index contributed by atoms with van der Waals surface area (Å²) in [5.74, 6) is -0.739. The Morgan fingerprint density at radius 1 is 1.45 bits per heavy atom. The van der Waals surface area contributed by atoms with E-state index in [4.69, 9.17) is 9.47 Å². The summed E-state index contributed by atoms with van der Waals surface area (Å²) in [6.45, 7) is 1.81. The molecule has 6 nitrogen and oxygen atoms in total. The SMILES string of the molecule is COCOc1cccc(CNC(=O)c2cc(C)nn2C)c1F. The van der Waals surface area contributed by atoms with Gasteiger partial charge in [0.2, 0.25) is 0 Å². The van der Waals surface area contributed by atoms with Crippen LogP contribution in [0.15, 0.2) is 24.3 Å². The van der Waals surface area contributed by atoms with Crippen LogP contribution in [0, 0.1) is 12.7 Å². The fraction of sp³-hybridized carbons (Fsp3) is 0.333. The van der Waals surface area contributed by atoms with Crippen LogP contribution >= 0.6 is 0 Å². The Morgan fingerprint density at radius 3 is 2.86 bits per heavy atom. The van der Waals surface area contributed by atoms with Crippen LogP contribution in [-0.2, 0) is 18.3 Å². The van der Waals surface area contributed by atoms with E-state index in [1.165, 1.54) is 17.9 Å². The van der Waals surface area contributed by atoms with Crippen molar-refractivity contribution < 1.29 is 18.7 Å². The molecule has 1 heterocycles. The second kappa shape index (κ2) is 7.04. The number of nitrogens with zero attached hydrogens (tertiary/aromatic N) is 2. The summed E-state index contributed by atoms with van der Waals surface area (Å²) in [5, 5.41) is 6.77. The molecule has 1 aromatic heterocycles. The number of rotatable bonds is 6. The lowest BCUT2D eigenvalue weighted by atomic mass is 10.2. The number of nitrogens with one attached hydrogen (secondary N) is 1. The van der Waals surface area contributed by atoms with Gasteiger partial charge in [0.05, 0.1) is 5.69 Å². The van der Waals surface area contributed by atoms with E-state index in [9.17, 15) is 9.18 Å². The van der Waals surface area contributed by atoms with E-state index in [2.05, 4.69) is 10.4 Å². The maximum absolute atomic E-state index is 14.2. The summed E-state index contributed by atoms with van der Waals surface area (Å²) in [6.07, 6.45) is 0. The van der Waals surface area contributed by atoms with Gasteiger partial charge in [0.1, 0.15) is 5.69 Å². The third kappa shape index (κ3) is 3.62. The van der Waals surface area contributed by atoms with Gasteiger partial charge >= 0.3 is 0 Å². The van der Waals surface area contributed by atoms with Crippen molar-refractivity contribution in [1.82, 2.24) is 15.1 Å². The smallest absolute Gasteiger partial charge is 0.269 e. The number of benzene rings is 1. The molecule has 0 saturated heterocycles. The summed E-state index contributed by atoms with van der Waals surface area (Å²) < 4.78 is 25.5. The van der Waals surface area contributed by atoms with Crippen molar-refractivity contribution in [2.75, 3.05) is 13.9 Å². The van der Waals surface area contributed by atoms with Gasteiger partial charge in [0.25, 0.3) is 5.91 Å². The Balaban J connectivity index is 2.05. The van der Waals surface area contributed by atoms with Gasteiger partial charge in [-0.25, -0.2) is 4.39 Å². The van der Waals surface area contributed by atoms with Crippen molar-refractivity contribution >= 4 is 5.91 Å². The highest BCUT2D eigenvalue weighted by Crippen LogP contribution is 2.20. The number of halogens is 1. The van der Waals surface area contributed by atoms with Crippen LogP contribution in [0.25, 0.3) is 0 Å². The maximum Gasteiger partial charge on any atom is 0.269 e. The van der Waals surface area contributed by atoms with Gasteiger partial charge in [-0.15, -0.1) is 0 Å². The summed E-state index contributed by atoms with van der Waals surface area (Å²) >= 11 is 0. The molecule has 0 aliphatic heterocycles. The molecule has 0 unspecified atom stereocenters. The predicted molar refractivity (Wildman–Crippen MR) is 78.0 cm³/mol. The molecule has 0 spiro atoms. The first-order valence-corrected chi connectivity index (χ1v) is 6.71. The predicted octanol–water partition coefficient (Wildman–Crippen LogP) is 1.78. The Kier molecular flexibility index (Phi) is 5.11. The van der Waals surface area contributed by atoms with Crippen LogP contribution in [0.1, 0.15) is 21.7 Å². The van der Waals surface area contributed by atoms with E-state index in [0.717, 1.165) is 5.69 Å². The van der Waals surface area contributed by atoms with Crippen LogP contribution in [0.3, 0.4) is 0 Å². The molecule has 0 aliphatic carbocycles. The fourth-order valence-electron chi connectivity index (χ4n) is 2.02. The maximum atomic E-state index is 14.2. The van der Waals surface area contributed by atoms with Gasteiger partial charge in [-0.3, -0.25) is 9.48 Å². The van der Waals surface area contributed by atoms with E-state index in [1.807, 2.05) is 0 Å². The largest absolute Gasteiger partial charge is 0.464 e. The van der Waals surface area contributed by atoms with Crippen molar-refractivity contribution in [1.29, 1.82) is 0 Å². The lowest BCUT2D eigenvalue weighted by Crippen LogP contribution is -2.25. The zero-order valence-corrected chi connectivity index (χ0v) is 12.7. The molecule has 1 amide bonds. The first-order valence-electron chi connectivity index (χ1n) is 6.71. The third-order valence-corrected chi connectivity index (χ3v) is 3.05. The molecule has 1 aromatic carbocycles. The first-order chi connectivity index (χ1) is 10.5. The van der Waals surface area contributed by atoms with E-state index in [-0.39, 0.29) is 25.0 Å². The molecule has 0 fully saturated rings. The van der Waals surface area contributed by atoms with E-state index < -0.39 is 5.82 Å². The molecule has 0 bridgehead atoms. The molecule has 2 rings (SSSR count). The summed E-state index contributed by atoms with van der Waals surface area (Å²) in [7, 11) is 3.14. The number of aryl methyl sites for hydroxylation is 2. The summed E-state index contributed by atoms with van der Waals surface area (Å²) in [6, 6.07) is 6.42. The average Bonchev–Trinajstić information content (AvgIpc) is 2.83. The fourth-order valence-corrected chi connectivity index (χ4v) is 2.02. The number of methoxy groups -OCH3 is 1. The van der Waals surface area contributed by atoms with Gasteiger partial charge < -0.3 is 14.8 Å². The number of hydrogen-bond acceptors (Lipinski definition) is 4. The number of amides is 1. The monoisotopic (exact) mass is 307 g/mol. The van der Waals surface area contributed by atoms with Crippen LogP contribution in [0.5, 0.6) is 5.75 Å². The van der Waals surface area contributed by atoms with Crippen molar-refractivity contribution in [3.63, 3.8) is 0 Å². The van der Waals surface area contributed by atoms with Crippen molar-refractivity contribution in [2.24, 2.45) is 7.05 Å². The molecule has 0 saturated carbocycles. The Morgan fingerprint density at radius 2 is 2.23 bits per heavy atom. The molecular weight excluding hydrogens is 289 g/mol. The number of aromatic nitrogens is 2. The van der Waals surface area contributed by atoms with Crippen molar-refractivity contribution in [3.8, 4) is 5.75 Å². The molecule has 118 valence electrons. The number of carbonyl (C=O) groups is 1. The summed E-state index contributed by atoms with van der Waals surface area (Å²) in [5.41, 5.74) is 1.50. The Bertz CT molecular complexity index is 670. The molecule has 2 aromatic rings. The molecule has 1 N–H and O–H groups in total. The Labute approximate surface area is 127 Å². The Hall–Kier alpha value is -2.41. The molecule has 0 atom stereocenters. The van der Waals surface area contributed by atoms with Crippen LogP contribution in [0.2, 0.25) is 0 Å². The zero-order chi connectivity index (χ0) is 16.1. The van der Waals surface area contributed by atoms with E-state index >= 15 is 0 Å². The van der Waals surface area contributed by atoms with Gasteiger partial charge in [-0.05, 0) is 19.1 Å². The minimum atomic E-state index is -0.513. The first kappa shape index (κ1) is 16.0. The quantitative estimate of drug-likeness (QED) is 0.826. The van der Waals surface area contributed by atoms with Crippen LogP contribution in [0.4, 0.5) is 4.39 Å².